The maximum absolute atomic E-state index is 11.1. The Morgan fingerprint density at radius 2 is 2.28 bits per heavy atom. The number of rotatable bonds is 3. The van der Waals surface area contributed by atoms with Crippen molar-refractivity contribution in [3.63, 3.8) is 0 Å². The summed E-state index contributed by atoms with van der Waals surface area (Å²) in [4.78, 5) is 19.8. The Balaban J connectivity index is 2.06. The van der Waals surface area contributed by atoms with E-state index in [1.165, 1.54) is 7.11 Å². The van der Waals surface area contributed by atoms with Gasteiger partial charge in [-0.25, -0.2) is 0 Å². The minimum Gasteiger partial charge on any atom is -0.469 e. The highest BCUT2D eigenvalue weighted by Gasteiger charge is 2.28. The predicted molar refractivity (Wildman–Crippen MR) is 62.9 cm³/mol. The zero-order valence-corrected chi connectivity index (χ0v) is 10.9. The number of likely N-dealkylation sites (N-methyl/N-ethyl adjacent to an activating group) is 2. The second-order valence-electron chi connectivity index (χ2n) is 4.56. The third-order valence-corrected chi connectivity index (χ3v) is 3.16. The average molecular weight is 254 g/mol. The minimum absolute atomic E-state index is 0.0236. The standard InChI is InChI=1S/C11H18N4O3/c1-14-4-5-15(2)8(7-14)11-12-9(18-13-11)6-10(16)17-3/h8H,4-7H2,1-3H3. The third kappa shape index (κ3) is 2.85. The molecule has 1 aliphatic heterocycles. The Bertz CT molecular complexity index is 420. The first-order valence-corrected chi connectivity index (χ1v) is 5.88. The van der Waals surface area contributed by atoms with Gasteiger partial charge in [0.1, 0.15) is 6.42 Å². The molecule has 1 aromatic rings. The number of carbonyl (C=O) groups is 1. The molecule has 7 heteroatoms. The largest absolute Gasteiger partial charge is 0.469 e. The normalized spacial score (nSPS) is 22.1. The molecule has 0 amide bonds. The fraction of sp³-hybridized carbons (Fsp3) is 0.727. The zero-order valence-electron chi connectivity index (χ0n) is 10.9. The molecular weight excluding hydrogens is 236 g/mol. The van der Waals surface area contributed by atoms with Gasteiger partial charge in [0.05, 0.1) is 13.2 Å². The van der Waals surface area contributed by atoms with Gasteiger partial charge >= 0.3 is 5.97 Å². The first-order valence-electron chi connectivity index (χ1n) is 5.88. The predicted octanol–water partition coefficient (Wildman–Crippen LogP) is -0.297. The molecule has 1 saturated heterocycles. The van der Waals surface area contributed by atoms with E-state index >= 15 is 0 Å². The van der Waals surface area contributed by atoms with Gasteiger partial charge in [-0.05, 0) is 14.1 Å². The van der Waals surface area contributed by atoms with Crippen molar-refractivity contribution in [1.29, 1.82) is 0 Å². The molecule has 1 unspecified atom stereocenters. The molecule has 18 heavy (non-hydrogen) atoms. The first kappa shape index (κ1) is 13.0. The molecule has 100 valence electrons. The molecule has 0 radical (unpaired) electrons. The summed E-state index contributed by atoms with van der Waals surface area (Å²) in [6, 6.07) is 0.110. The van der Waals surface area contributed by atoms with Crippen molar-refractivity contribution in [3.05, 3.63) is 11.7 Å². The van der Waals surface area contributed by atoms with Gasteiger partial charge < -0.3 is 14.2 Å². The molecule has 0 bridgehead atoms. The van der Waals surface area contributed by atoms with E-state index in [1.54, 1.807) is 0 Å². The molecule has 0 spiro atoms. The van der Waals surface area contributed by atoms with E-state index in [2.05, 4.69) is 31.7 Å². The lowest BCUT2D eigenvalue weighted by molar-refractivity contribution is -0.140. The van der Waals surface area contributed by atoms with Gasteiger partial charge in [0.25, 0.3) is 0 Å². The quantitative estimate of drug-likeness (QED) is 0.686. The molecule has 0 N–H and O–H groups in total. The van der Waals surface area contributed by atoms with Gasteiger partial charge in [-0.3, -0.25) is 9.69 Å². The highest BCUT2D eigenvalue weighted by molar-refractivity contribution is 5.71. The summed E-state index contributed by atoms with van der Waals surface area (Å²) in [7, 11) is 5.44. The molecule has 0 aromatic carbocycles. The van der Waals surface area contributed by atoms with Crippen molar-refractivity contribution in [1.82, 2.24) is 19.9 Å². The van der Waals surface area contributed by atoms with Crippen molar-refractivity contribution in [2.75, 3.05) is 40.8 Å². The van der Waals surface area contributed by atoms with Crippen molar-refractivity contribution in [3.8, 4) is 0 Å². The molecule has 1 aliphatic rings. The summed E-state index contributed by atoms with van der Waals surface area (Å²) in [6.45, 7) is 2.84. The van der Waals surface area contributed by atoms with Gasteiger partial charge in [-0.15, -0.1) is 0 Å². The number of piperazine rings is 1. The molecule has 2 rings (SSSR count). The van der Waals surface area contributed by atoms with Crippen LogP contribution in [0.5, 0.6) is 0 Å². The van der Waals surface area contributed by atoms with Crippen molar-refractivity contribution in [2.24, 2.45) is 0 Å². The smallest absolute Gasteiger partial charge is 0.315 e. The topological polar surface area (TPSA) is 71.7 Å². The number of aromatic nitrogens is 2. The third-order valence-electron chi connectivity index (χ3n) is 3.16. The molecule has 2 heterocycles. The van der Waals surface area contributed by atoms with E-state index in [-0.39, 0.29) is 18.4 Å². The molecular formula is C11H18N4O3. The Kier molecular flexibility index (Phi) is 3.93. The average Bonchev–Trinajstić information content (AvgIpc) is 2.80. The number of ether oxygens (including phenoxy) is 1. The summed E-state index contributed by atoms with van der Waals surface area (Å²) in [5.74, 6) is 0.556. The Hall–Kier alpha value is -1.47. The van der Waals surface area contributed by atoms with Crippen molar-refractivity contribution in [2.45, 2.75) is 12.5 Å². The number of carbonyl (C=O) groups excluding carboxylic acids is 1. The lowest BCUT2D eigenvalue weighted by Crippen LogP contribution is -2.45. The van der Waals surface area contributed by atoms with E-state index in [9.17, 15) is 4.79 Å². The van der Waals surface area contributed by atoms with Crippen LogP contribution in [0.3, 0.4) is 0 Å². The zero-order chi connectivity index (χ0) is 13.1. The first-order chi connectivity index (χ1) is 8.60. The maximum atomic E-state index is 11.1. The Morgan fingerprint density at radius 3 is 3.00 bits per heavy atom. The van der Waals surface area contributed by atoms with Crippen LogP contribution in [0, 0.1) is 0 Å². The lowest BCUT2D eigenvalue weighted by atomic mass is 10.2. The maximum Gasteiger partial charge on any atom is 0.315 e. The molecule has 0 saturated carbocycles. The Labute approximate surface area is 106 Å². The summed E-state index contributed by atoms with van der Waals surface area (Å²) >= 11 is 0. The van der Waals surface area contributed by atoms with Crippen LogP contribution in [0.25, 0.3) is 0 Å². The minimum atomic E-state index is -0.376. The van der Waals surface area contributed by atoms with Gasteiger partial charge in [-0.2, -0.15) is 4.98 Å². The van der Waals surface area contributed by atoms with Crippen LogP contribution in [0.15, 0.2) is 4.52 Å². The van der Waals surface area contributed by atoms with E-state index in [0.717, 1.165) is 19.6 Å². The summed E-state index contributed by atoms with van der Waals surface area (Å²) < 4.78 is 9.63. The van der Waals surface area contributed by atoms with Crippen LogP contribution in [0.2, 0.25) is 0 Å². The van der Waals surface area contributed by atoms with Crippen molar-refractivity contribution < 1.29 is 14.1 Å². The van der Waals surface area contributed by atoms with Crippen LogP contribution in [0.4, 0.5) is 0 Å². The highest BCUT2D eigenvalue weighted by Crippen LogP contribution is 2.20. The van der Waals surface area contributed by atoms with Crippen molar-refractivity contribution >= 4 is 5.97 Å². The van der Waals surface area contributed by atoms with Gasteiger partial charge in [0, 0.05) is 19.6 Å². The molecule has 0 aliphatic carbocycles. The second kappa shape index (κ2) is 5.45. The summed E-state index contributed by atoms with van der Waals surface area (Å²) in [5.41, 5.74) is 0. The summed E-state index contributed by atoms with van der Waals surface area (Å²) in [6.07, 6.45) is 0.0236. The molecule has 1 fully saturated rings. The Morgan fingerprint density at radius 1 is 1.50 bits per heavy atom. The van der Waals surface area contributed by atoms with Crippen LogP contribution in [-0.2, 0) is 16.0 Å². The van der Waals surface area contributed by atoms with Crippen LogP contribution in [-0.4, -0.2) is 66.7 Å². The van der Waals surface area contributed by atoms with E-state index < -0.39 is 0 Å². The van der Waals surface area contributed by atoms with Gasteiger partial charge in [-0.1, -0.05) is 5.16 Å². The molecule has 1 atom stereocenters. The number of methoxy groups -OCH3 is 1. The lowest BCUT2D eigenvalue weighted by Gasteiger charge is -2.35. The molecule has 1 aromatic heterocycles. The monoisotopic (exact) mass is 254 g/mol. The number of esters is 1. The highest BCUT2D eigenvalue weighted by atomic mass is 16.5. The fourth-order valence-corrected chi connectivity index (χ4v) is 1.96. The number of hydrogen-bond acceptors (Lipinski definition) is 7. The van der Waals surface area contributed by atoms with Crippen LogP contribution < -0.4 is 0 Å². The summed E-state index contributed by atoms with van der Waals surface area (Å²) in [5, 5.41) is 3.95. The van der Waals surface area contributed by atoms with Crippen LogP contribution >= 0.6 is 0 Å². The van der Waals surface area contributed by atoms with E-state index in [0.29, 0.717) is 11.7 Å². The number of nitrogens with zero attached hydrogens (tertiary/aromatic N) is 4. The van der Waals surface area contributed by atoms with E-state index in [4.69, 9.17) is 4.52 Å². The number of hydrogen-bond donors (Lipinski definition) is 0. The van der Waals surface area contributed by atoms with E-state index in [1.807, 2.05) is 7.05 Å². The molecule has 7 nitrogen and oxygen atoms in total. The second-order valence-corrected chi connectivity index (χ2v) is 4.56. The van der Waals surface area contributed by atoms with Gasteiger partial charge in [0.15, 0.2) is 5.82 Å². The van der Waals surface area contributed by atoms with Gasteiger partial charge in [0.2, 0.25) is 5.89 Å². The SMILES string of the molecule is COC(=O)Cc1nc(C2CN(C)CCN2C)no1. The fourth-order valence-electron chi connectivity index (χ4n) is 1.96. The van der Waals surface area contributed by atoms with Crippen LogP contribution in [0.1, 0.15) is 17.8 Å².